The molecule has 6 heteroatoms. The van der Waals surface area contributed by atoms with Gasteiger partial charge in [0.25, 0.3) is 0 Å². The first-order valence-electron chi connectivity index (χ1n) is 9.67. The molecule has 1 aliphatic carbocycles. The number of nitriles is 1. The van der Waals surface area contributed by atoms with E-state index in [-0.39, 0.29) is 5.92 Å². The van der Waals surface area contributed by atoms with E-state index in [2.05, 4.69) is 49.5 Å². The van der Waals surface area contributed by atoms with E-state index in [4.69, 9.17) is 5.26 Å². The van der Waals surface area contributed by atoms with Crippen molar-refractivity contribution < 1.29 is 0 Å². The number of nitrogens with one attached hydrogen (secondary N) is 1. The first-order chi connectivity index (χ1) is 12.7. The zero-order valence-electron chi connectivity index (χ0n) is 15.1. The van der Waals surface area contributed by atoms with Crippen LogP contribution in [0.5, 0.6) is 0 Å². The number of rotatable bonds is 2. The van der Waals surface area contributed by atoms with E-state index in [0.29, 0.717) is 17.9 Å². The van der Waals surface area contributed by atoms with E-state index in [1.165, 1.54) is 18.5 Å². The molecule has 6 nitrogen and oxygen atoms in total. The molecular weight excluding hydrogens is 324 g/mol. The molecule has 26 heavy (non-hydrogen) atoms. The summed E-state index contributed by atoms with van der Waals surface area (Å²) in [5, 5.41) is 9.14. The topological polar surface area (TPSA) is 73.0 Å². The normalized spacial score (nSPS) is 28.1. The Morgan fingerprint density at radius 2 is 2.04 bits per heavy atom. The molecule has 1 saturated heterocycles. The Hall–Kier alpha value is -2.39. The van der Waals surface area contributed by atoms with Gasteiger partial charge >= 0.3 is 0 Å². The maximum Gasteiger partial charge on any atom is 0.156 e. The van der Waals surface area contributed by atoms with Crippen molar-refractivity contribution >= 4 is 16.8 Å². The lowest BCUT2D eigenvalue weighted by Gasteiger charge is -2.34. The molecule has 2 fully saturated rings. The number of hydrogen-bond donors (Lipinski definition) is 1. The van der Waals surface area contributed by atoms with Crippen molar-refractivity contribution in [1.82, 2.24) is 24.3 Å². The quantitative estimate of drug-likeness (QED) is 0.771. The Bertz CT molecular complexity index is 971. The van der Waals surface area contributed by atoms with Crippen molar-refractivity contribution in [3.8, 4) is 6.07 Å². The monoisotopic (exact) mass is 348 g/mol. The van der Waals surface area contributed by atoms with Gasteiger partial charge in [0, 0.05) is 36.0 Å². The zero-order chi connectivity index (χ0) is 17.7. The fourth-order valence-corrected chi connectivity index (χ4v) is 5.07. The lowest BCUT2D eigenvalue weighted by molar-refractivity contribution is 0.146. The third-order valence-corrected chi connectivity index (χ3v) is 6.54. The van der Waals surface area contributed by atoms with Gasteiger partial charge in [0.2, 0.25) is 0 Å². The molecule has 3 atom stereocenters. The van der Waals surface area contributed by atoms with E-state index in [9.17, 15) is 0 Å². The highest BCUT2D eigenvalue weighted by Gasteiger charge is 2.38. The molecule has 1 aliphatic heterocycles. The van der Waals surface area contributed by atoms with Crippen LogP contribution < -0.4 is 0 Å². The van der Waals surface area contributed by atoms with Crippen molar-refractivity contribution in [2.75, 3.05) is 13.1 Å². The third kappa shape index (κ3) is 2.42. The summed E-state index contributed by atoms with van der Waals surface area (Å²) in [5.74, 6) is 1.41. The second-order valence-electron chi connectivity index (χ2n) is 7.99. The predicted molar refractivity (Wildman–Crippen MR) is 99.7 cm³/mol. The van der Waals surface area contributed by atoms with Crippen LogP contribution in [0.25, 0.3) is 16.8 Å². The van der Waals surface area contributed by atoms with Crippen molar-refractivity contribution in [2.24, 2.45) is 11.8 Å². The minimum Gasteiger partial charge on any atom is -0.345 e. The van der Waals surface area contributed by atoms with Gasteiger partial charge in [-0.1, -0.05) is 6.92 Å². The number of likely N-dealkylation sites (tertiary alicyclic amines) is 1. The fraction of sp³-hybridized carbons (Fsp3) is 0.550. The molecule has 0 amide bonds. The van der Waals surface area contributed by atoms with E-state index in [1.54, 1.807) is 0 Å². The summed E-state index contributed by atoms with van der Waals surface area (Å²) in [4.78, 5) is 14.9. The summed E-state index contributed by atoms with van der Waals surface area (Å²) in [6.45, 7) is 4.52. The van der Waals surface area contributed by atoms with E-state index in [1.807, 2.05) is 12.4 Å². The highest BCUT2D eigenvalue weighted by Crippen LogP contribution is 2.42. The highest BCUT2D eigenvalue weighted by atomic mass is 15.2. The van der Waals surface area contributed by atoms with Crippen molar-refractivity contribution in [3.63, 3.8) is 0 Å². The van der Waals surface area contributed by atoms with Crippen LogP contribution in [0.2, 0.25) is 0 Å². The molecule has 1 saturated carbocycles. The molecule has 3 aromatic rings. The van der Waals surface area contributed by atoms with Crippen molar-refractivity contribution in [3.05, 3.63) is 30.4 Å². The van der Waals surface area contributed by atoms with Gasteiger partial charge in [0.1, 0.15) is 0 Å². The molecule has 5 rings (SSSR count). The van der Waals surface area contributed by atoms with Crippen LogP contribution in [-0.2, 0) is 0 Å². The molecule has 4 heterocycles. The second-order valence-corrected chi connectivity index (χ2v) is 7.99. The first kappa shape index (κ1) is 15.8. The van der Waals surface area contributed by atoms with Crippen LogP contribution in [0.4, 0.5) is 0 Å². The Morgan fingerprint density at radius 1 is 1.19 bits per heavy atom. The minimum absolute atomic E-state index is 0.258. The SMILES string of the molecule is C[C@@H]1C[C@H](N2CCC(C#N)CC2)C[C@@H]1c1cnc2cnc3[nH]ccc3n12. The summed E-state index contributed by atoms with van der Waals surface area (Å²) in [6, 6.07) is 5.16. The van der Waals surface area contributed by atoms with Crippen LogP contribution in [0.1, 0.15) is 44.2 Å². The van der Waals surface area contributed by atoms with Gasteiger partial charge < -0.3 is 9.88 Å². The summed E-state index contributed by atoms with van der Waals surface area (Å²) < 4.78 is 2.28. The zero-order valence-corrected chi connectivity index (χ0v) is 15.1. The number of imidazole rings is 1. The highest BCUT2D eigenvalue weighted by molar-refractivity contribution is 5.74. The molecule has 134 valence electrons. The number of aromatic nitrogens is 4. The number of piperidine rings is 1. The Labute approximate surface area is 152 Å². The largest absolute Gasteiger partial charge is 0.345 e. The number of fused-ring (bicyclic) bond motifs is 3. The average Bonchev–Trinajstić information content (AvgIpc) is 3.38. The molecule has 0 unspecified atom stereocenters. The maximum absolute atomic E-state index is 9.14. The third-order valence-electron chi connectivity index (χ3n) is 6.54. The maximum atomic E-state index is 9.14. The van der Waals surface area contributed by atoms with Gasteiger partial charge in [0.15, 0.2) is 11.3 Å². The molecule has 0 aromatic carbocycles. The Kier molecular flexibility index (Phi) is 3.71. The Morgan fingerprint density at radius 3 is 2.85 bits per heavy atom. The van der Waals surface area contributed by atoms with Crippen LogP contribution >= 0.6 is 0 Å². The van der Waals surface area contributed by atoms with Crippen LogP contribution in [0.15, 0.2) is 24.7 Å². The van der Waals surface area contributed by atoms with E-state index in [0.717, 1.165) is 42.7 Å². The molecule has 3 aromatic heterocycles. The number of hydrogen-bond acceptors (Lipinski definition) is 4. The Balaban J connectivity index is 1.43. The van der Waals surface area contributed by atoms with Crippen LogP contribution in [0.3, 0.4) is 0 Å². The standard InChI is InChI=1S/C20H24N6/c1-13-8-15(25-6-3-14(10-21)4-7-25)9-16(13)18-11-23-19-12-24-20-17(26(18)19)2-5-22-20/h2,5,11-16,22H,3-4,6-9H2,1H3/t13-,15+,16+/m1/s1. The van der Waals surface area contributed by atoms with Gasteiger partial charge in [-0.05, 0) is 50.8 Å². The second kappa shape index (κ2) is 6.10. The molecule has 1 N–H and O–H groups in total. The summed E-state index contributed by atoms with van der Waals surface area (Å²) in [6.07, 6.45) is 10.3. The number of H-pyrrole nitrogens is 1. The molecule has 0 spiro atoms. The lowest BCUT2D eigenvalue weighted by atomic mass is 9.95. The van der Waals surface area contributed by atoms with Crippen LogP contribution in [-0.4, -0.2) is 43.4 Å². The van der Waals surface area contributed by atoms with Crippen molar-refractivity contribution in [1.29, 1.82) is 5.26 Å². The van der Waals surface area contributed by atoms with Crippen molar-refractivity contribution in [2.45, 2.75) is 44.6 Å². The smallest absolute Gasteiger partial charge is 0.156 e. The summed E-state index contributed by atoms with van der Waals surface area (Å²) in [5.41, 5.74) is 4.27. The minimum atomic E-state index is 0.258. The average molecular weight is 348 g/mol. The van der Waals surface area contributed by atoms with E-state index >= 15 is 0 Å². The molecule has 2 aliphatic rings. The molecule has 0 bridgehead atoms. The van der Waals surface area contributed by atoms with Gasteiger partial charge in [-0.3, -0.25) is 4.40 Å². The summed E-state index contributed by atoms with van der Waals surface area (Å²) >= 11 is 0. The predicted octanol–water partition coefficient (Wildman–Crippen LogP) is 3.33. The van der Waals surface area contributed by atoms with Gasteiger partial charge in [0.05, 0.1) is 17.8 Å². The van der Waals surface area contributed by atoms with Gasteiger partial charge in [-0.25, -0.2) is 9.97 Å². The fourth-order valence-electron chi connectivity index (χ4n) is 5.07. The van der Waals surface area contributed by atoms with Gasteiger partial charge in [-0.15, -0.1) is 0 Å². The lowest BCUT2D eigenvalue weighted by Crippen LogP contribution is -2.40. The number of aromatic amines is 1. The molecular formula is C20H24N6. The summed E-state index contributed by atoms with van der Waals surface area (Å²) in [7, 11) is 0. The molecule has 0 radical (unpaired) electrons. The first-order valence-corrected chi connectivity index (χ1v) is 9.67. The van der Waals surface area contributed by atoms with Gasteiger partial charge in [-0.2, -0.15) is 5.26 Å². The number of nitrogens with zero attached hydrogens (tertiary/aromatic N) is 5. The van der Waals surface area contributed by atoms with E-state index < -0.39 is 0 Å². The van der Waals surface area contributed by atoms with Crippen LogP contribution in [0, 0.1) is 23.2 Å².